The van der Waals surface area contributed by atoms with Crippen molar-refractivity contribution in [1.29, 1.82) is 0 Å². The molecule has 1 aromatic rings. The van der Waals surface area contributed by atoms with Crippen LogP contribution in [0.5, 0.6) is 0 Å². The van der Waals surface area contributed by atoms with E-state index in [0.29, 0.717) is 13.1 Å². The Kier molecular flexibility index (Phi) is 7.15. The summed E-state index contributed by atoms with van der Waals surface area (Å²) in [5.41, 5.74) is 0. The third kappa shape index (κ3) is 5.86. The number of rotatable bonds is 5. The lowest BCUT2D eigenvalue weighted by Crippen LogP contribution is -2.52. The topological polar surface area (TPSA) is 98.8 Å². The van der Waals surface area contributed by atoms with E-state index in [1.54, 1.807) is 18.7 Å². The van der Waals surface area contributed by atoms with Crippen LogP contribution in [0, 0.1) is 5.82 Å². The lowest BCUT2D eigenvalue weighted by atomic mass is 10.3. The van der Waals surface area contributed by atoms with Gasteiger partial charge in [-0.1, -0.05) is 11.6 Å². The number of sulfonamides is 1. The Labute approximate surface area is 162 Å². The van der Waals surface area contributed by atoms with Crippen LogP contribution < -0.4 is 10.6 Å². The highest BCUT2D eigenvalue weighted by Gasteiger charge is 2.29. The van der Waals surface area contributed by atoms with Crippen LogP contribution in [0.3, 0.4) is 0 Å². The first kappa shape index (κ1) is 21.5. The standard InChI is InChI=1S/C16H22ClFN4O4S/c1-11(2)19-16(24)20-15(23)10-21-5-7-22(8-6-21)27(25,26)12-3-4-14(18)13(17)9-12/h3-4,9,11H,5-8,10H2,1-2H3,(H2,19,20,23,24). The molecule has 2 N–H and O–H groups in total. The van der Waals surface area contributed by atoms with Gasteiger partial charge in [0.05, 0.1) is 16.5 Å². The van der Waals surface area contributed by atoms with Gasteiger partial charge >= 0.3 is 6.03 Å². The van der Waals surface area contributed by atoms with Gasteiger partial charge in [-0.15, -0.1) is 0 Å². The second-order valence-corrected chi connectivity index (χ2v) is 8.78. The molecular formula is C16H22ClFN4O4S. The van der Waals surface area contributed by atoms with Crippen LogP contribution in [0.4, 0.5) is 9.18 Å². The van der Waals surface area contributed by atoms with Gasteiger partial charge in [0, 0.05) is 32.2 Å². The second-order valence-electron chi connectivity index (χ2n) is 6.43. The van der Waals surface area contributed by atoms with Crippen LogP contribution in [0.25, 0.3) is 0 Å². The number of nitrogens with zero attached hydrogens (tertiary/aromatic N) is 2. The molecule has 1 aliphatic rings. The van der Waals surface area contributed by atoms with Gasteiger partial charge in [-0.2, -0.15) is 4.31 Å². The Morgan fingerprint density at radius 1 is 1.22 bits per heavy atom. The Balaban J connectivity index is 1.90. The van der Waals surface area contributed by atoms with Crippen molar-refractivity contribution in [2.45, 2.75) is 24.8 Å². The van der Waals surface area contributed by atoms with E-state index in [2.05, 4.69) is 10.6 Å². The largest absolute Gasteiger partial charge is 0.336 e. The van der Waals surface area contributed by atoms with Gasteiger partial charge < -0.3 is 5.32 Å². The van der Waals surface area contributed by atoms with Crippen LogP contribution >= 0.6 is 11.6 Å². The Hall–Kier alpha value is -1.75. The fraction of sp³-hybridized carbons (Fsp3) is 0.500. The third-order valence-corrected chi connectivity index (χ3v) is 6.08. The molecule has 3 amide bonds. The predicted molar refractivity (Wildman–Crippen MR) is 98.4 cm³/mol. The molecule has 8 nitrogen and oxygen atoms in total. The molecule has 150 valence electrons. The molecule has 27 heavy (non-hydrogen) atoms. The zero-order chi connectivity index (χ0) is 20.2. The number of halogens is 2. The second kappa shape index (κ2) is 8.96. The predicted octanol–water partition coefficient (Wildman–Crippen LogP) is 1.02. The van der Waals surface area contributed by atoms with Crippen molar-refractivity contribution >= 4 is 33.6 Å². The van der Waals surface area contributed by atoms with Gasteiger partial charge in [0.2, 0.25) is 15.9 Å². The van der Waals surface area contributed by atoms with Gasteiger partial charge in [0.1, 0.15) is 5.82 Å². The van der Waals surface area contributed by atoms with Gasteiger partial charge in [0.25, 0.3) is 0 Å². The Bertz CT molecular complexity index is 811. The maximum atomic E-state index is 13.2. The monoisotopic (exact) mass is 420 g/mol. The van der Waals surface area contributed by atoms with Crippen molar-refractivity contribution in [3.05, 3.63) is 29.0 Å². The molecule has 2 rings (SSSR count). The average Bonchev–Trinajstić information content (AvgIpc) is 2.56. The van der Waals surface area contributed by atoms with Crippen molar-refractivity contribution in [3.63, 3.8) is 0 Å². The van der Waals surface area contributed by atoms with Crippen molar-refractivity contribution < 1.29 is 22.4 Å². The number of piperazine rings is 1. The highest BCUT2D eigenvalue weighted by atomic mass is 35.5. The van der Waals surface area contributed by atoms with E-state index in [9.17, 15) is 22.4 Å². The number of amides is 3. The molecule has 0 radical (unpaired) electrons. The molecule has 0 spiro atoms. The number of hydrogen-bond donors (Lipinski definition) is 2. The summed E-state index contributed by atoms with van der Waals surface area (Å²) >= 11 is 5.67. The normalized spacial score (nSPS) is 16.3. The van der Waals surface area contributed by atoms with E-state index in [4.69, 9.17) is 11.6 Å². The van der Waals surface area contributed by atoms with Gasteiger partial charge in [-0.3, -0.25) is 15.0 Å². The van der Waals surface area contributed by atoms with E-state index < -0.39 is 27.8 Å². The Morgan fingerprint density at radius 2 is 1.85 bits per heavy atom. The molecule has 0 bridgehead atoms. The maximum absolute atomic E-state index is 13.2. The summed E-state index contributed by atoms with van der Waals surface area (Å²) in [6, 6.07) is 2.61. The average molecular weight is 421 g/mol. The summed E-state index contributed by atoms with van der Waals surface area (Å²) in [5.74, 6) is -1.15. The van der Waals surface area contributed by atoms with Crippen LogP contribution in [-0.2, 0) is 14.8 Å². The number of benzene rings is 1. The highest BCUT2D eigenvalue weighted by Crippen LogP contribution is 2.23. The summed E-state index contributed by atoms with van der Waals surface area (Å²) in [6.07, 6.45) is 0. The molecule has 1 aromatic carbocycles. The van der Waals surface area contributed by atoms with E-state index in [1.165, 1.54) is 10.4 Å². The molecule has 0 aliphatic carbocycles. The number of carbonyl (C=O) groups excluding carboxylic acids is 2. The molecule has 1 saturated heterocycles. The van der Waals surface area contributed by atoms with Crippen LogP contribution in [-0.4, -0.2) is 68.3 Å². The van der Waals surface area contributed by atoms with Crippen molar-refractivity contribution in [3.8, 4) is 0 Å². The number of carbonyl (C=O) groups is 2. The first-order chi connectivity index (χ1) is 12.6. The minimum absolute atomic E-state index is 0.0121. The van der Waals surface area contributed by atoms with Crippen molar-refractivity contribution in [2.24, 2.45) is 0 Å². The lowest BCUT2D eigenvalue weighted by molar-refractivity contribution is -0.121. The zero-order valence-electron chi connectivity index (χ0n) is 15.0. The van der Waals surface area contributed by atoms with E-state index in [1.807, 2.05) is 0 Å². The van der Waals surface area contributed by atoms with Crippen LogP contribution in [0.2, 0.25) is 5.02 Å². The fourth-order valence-corrected chi connectivity index (χ4v) is 4.28. The summed E-state index contributed by atoms with van der Waals surface area (Å²) in [7, 11) is -3.79. The molecule has 11 heteroatoms. The van der Waals surface area contributed by atoms with Gasteiger partial charge in [0.15, 0.2) is 0 Å². The number of imide groups is 1. The number of urea groups is 1. The summed E-state index contributed by atoms with van der Waals surface area (Å²) in [5, 5.41) is 4.52. The maximum Gasteiger partial charge on any atom is 0.321 e. The zero-order valence-corrected chi connectivity index (χ0v) is 16.6. The molecule has 1 aliphatic heterocycles. The van der Waals surface area contributed by atoms with E-state index >= 15 is 0 Å². The van der Waals surface area contributed by atoms with Crippen molar-refractivity contribution in [2.75, 3.05) is 32.7 Å². The first-order valence-corrected chi connectivity index (χ1v) is 10.2. The third-order valence-electron chi connectivity index (χ3n) is 3.90. The molecule has 0 aromatic heterocycles. The minimum Gasteiger partial charge on any atom is -0.336 e. The van der Waals surface area contributed by atoms with Gasteiger partial charge in [-0.25, -0.2) is 17.6 Å². The lowest BCUT2D eigenvalue weighted by Gasteiger charge is -2.33. The van der Waals surface area contributed by atoms with E-state index in [0.717, 1.165) is 12.1 Å². The molecular weight excluding hydrogens is 399 g/mol. The first-order valence-electron chi connectivity index (χ1n) is 8.37. The van der Waals surface area contributed by atoms with Crippen molar-refractivity contribution in [1.82, 2.24) is 19.8 Å². The summed E-state index contributed by atoms with van der Waals surface area (Å²) in [4.78, 5) is 25.1. The smallest absolute Gasteiger partial charge is 0.321 e. The summed E-state index contributed by atoms with van der Waals surface area (Å²) in [6.45, 7) is 4.53. The van der Waals surface area contributed by atoms with Crippen LogP contribution in [0.1, 0.15) is 13.8 Å². The van der Waals surface area contributed by atoms with Crippen LogP contribution in [0.15, 0.2) is 23.1 Å². The summed E-state index contributed by atoms with van der Waals surface area (Å²) < 4.78 is 39.8. The fourth-order valence-electron chi connectivity index (χ4n) is 2.58. The minimum atomic E-state index is -3.79. The quantitative estimate of drug-likeness (QED) is 0.741. The molecule has 0 atom stereocenters. The SMILES string of the molecule is CC(C)NC(=O)NC(=O)CN1CCN(S(=O)(=O)c2ccc(F)c(Cl)c2)CC1. The molecule has 0 saturated carbocycles. The Morgan fingerprint density at radius 3 is 2.41 bits per heavy atom. The van der Waals surface area contributed by atoms with E-state index in [-0.39, 0.29) is 35.6 Å². The number of hydrogen-bond acceptors (Lipinski definition) is 5. The molecule has 1 heterocycles. The van der Waals surface area contributed by atoms with Gasteiger partial charge in [-0.05, 0) is 32.0 Å². The molecule has 1 fully saturated rings. The highest BCUT2D eigenvalue weighted by molar-refractivity contribution is 7.89. The molecule has 0 unspecified atom stereocenters. The number of nitrogens with one attached hydrogen (secondary N) is 2.